The summed E-state index contributed by atoms with van der Waals surface area (Å²) in [5.41, 5.74) is 1.86. The largest absolute Gasteiger partial charge is 0.507 e. The van der Waals surface area contributed by atoms with Crippen LogP contribution in [-0.4, -0.2) is 31.0 Å². The van der Waals surface area contributed by atoms with E-state index in [1.54, 1.807) is 0 Å². The molecule has 0 saturated carbocycles. The molecule has 1 aromatic heterocycles. The minimum Gasteiger partial charge on any atom is -0.507 e. The van der Waals surface area contributed by atoms with Gasteiger partial charge in [-0.3, -0.25) is 14.5 Å². The number of ketones is 1. The summed E-state index contributed by atoms with van der Waals surface area (Å²) in [5.74, 6) is -0.912. The Bertz CT molecular complexity index is 1270. The van der Waals surface area contributed by atoms with Crippen molar-refractivity contribution < 1.29 is 24.2 Å². The number of thiophene rings is 1. The maximum absolute atomic E-state index is 13.3. The Balaban J connectivity index is 1.92. The second-order valence-electron chi connectivity index (χ2n) is 8.12. The summed E-state index contributed by atoms with van der Waals surface area (Å²) in [6.45, 7) is 4.17. The van der Waals surface area contributed by atoms with E-state index >= 15 is 0 Å². The van der Waals surface area contributed by atoms with Crippen LogP contribution in [0.25, 0.3) is 5.76 Å². The SMILES string of the molecule is COc1cc(OC)c(/C(O)=C2/C(=O)C(=O)N(c3ccc(C(C)C)cc3)C2c2cccs2)cc1Cl. The molecule has 4 rings (SSSR count). The molecule has 2 heterocycles. The monoisotopic (exact) mass is 497 g/mol. The fourth-order valence-corrected chi connectivity index (χ4v) is 5.09. The van der Waals surface area contributed by atoms with Crippen molar-refractivity contribution >= 4 is 46.1 Å². The van der Waals surface area contributed by atoms with Gasteiger partial charge in [0, 0.05) is 16.6 Å². The van der Waals surface area contributed by atoms with Crippen molar-refractivity contribution in [3.8, 4) is 11.5 Å². The lowest BCUT2D eigenvalue weighted by Crippen LogP contribution is -2.29. The van der Waals surface area contributed by atoms with E-state index in [-0.39, 0.29) is 27.7 Å². The normalized spacial score (nSPS) is 17.5. The molecule has 3 aromatic rings. The summed E-state index contributed by atoms with van der Waals surface area (Å²) in [5, 5.41) is 13.5. The third kappa shape index (κ3) is 4.06. The van der Waals surface area contributed by atoms with Gasteiger partial charge in [-0.25, -0.2) is 0 Å². The quantitative estimate of drug-likeness (QED) is 0.250. The summed E-state index contributed by atoms with van der Waals surface area (Å²) in [6, 6.07) is 13.4. The van der Waals surface area contributed by atoms with Crippen molar-refractivity contribution in [3.05, 3.63) is 80.5 Å². The van der Waals surface area contributed by atoms with Gasteiger partial charge in [-0.05, 0) is 41.1 Å². The van der Waals surface area contributed by atoms with E-state index in [1.807, 2.05) is 41.8 Å². The molecule has 34 heavy (non-hydrogen) atoms. The minimum atomic E-state index is -0.796. The molecular formula is C26H24ClNO5S. The van der Waals surface area contributed by atoms with Gasteiger partial charge in [-0.15, -0.1) is 11.3 Å². The Kier molecular flexibility index (Phi) is 6.68. The van der Waals surface area contributed by atoms with Crippen LogP contribution in [0, 0.1) is 0 Å². The smallest absolute Gasteiger partial charge is 0.300 e. The van der Waals surface area contributed by atoms with Gasteiger partial charge in [-0.2, -0.15) is 0 Å². The minimum absolute atomic E-state index is 0.0279. The van der Waals surface area contributed by atoms with Crippen LogP contribution in [0.5, 0.6) is 11.5 Å². The molecule has 0 spiro atoms. The van der Waals surface area contributed by atoms with Gasteiger partial charge in [-0.1, -0.05) is 43.6 Å². The maximum Gasteiger partial charge on any atom is 0.300 e. The Morgan fingerprint density at radius 2 is 1.74 bits per heavy atom. The number of halogens is 1. The highest BCUT2D eigenvalue weighted by molar-refractivity contribution is 7.10. The molecule has 0 aliphatic carbocycles. The average molecular weight is 498 g/mol. The van der Waals surface area contributed by atoms with Gasteiger partial charge in [0.1, 0.15) is 23.3 Å². The van der Waals surface area contributed by atoms with E-state index in [4.69, 9.17) is 21.1 Å². The fourth-order valence-electron chi connectivity index (χ4n) is 4.02. The molecule has 0 bridgehead atoms. The number of aliphatic hydroxyl groups is 1. The molecule has 176 valence electrons. The highest BCUT2D eigenvalue weighted by Crippen LogP contribution is 2.45. The Morgan fingerprint density at radius 3 is 2.29 bits per heavy atom. The van der Waals surface area contributed by atoms with Gasteiger partial charge in [0.25, 0.3) is 11.7 Å². The Morgan fingerprint density at radius 1 is 1.06 bits per heavy atom. The number of methoxy groups -OCH3 is 2. The van der Waals surface area contributed by atoms with Crippen molar-refractivity contribution in [2.45, 2.75) is 25.8 Å². The first-order chi connectivity index (χ1) is 16.3. The van der Waals surface area contributed by atoms with Gasteiger partial charge >= 0.3 is 0 Å². The van der Waals surface area contributed by atoms with Gasteiger partial charge in [0.05, 0.1) is 30.4 Å². The number of amides is 1. The zero-order valence-corrected chi connectivity index (χ0v) is 20.7. The predicted molar refractivity (Wildman–Crippen MR) is 134 cm³/mol. The highest BCUT2D eigenvalue weighted by atomic mass is 35.5. The van der Waals surface area contributed by atoms with Crippen molar-refractivity contribution in [1.29, 1.82) is 0 Å². The first-order valence-electron chi connectivity index (χ1n) is 10.6. The van der Waals surface area contributed by atoms with Crippen molar-refractivity contribution in [1.82, 2.24) is 0 Å². The van der Waals surface area contributed by atoms with Crippen molar-refractivity contribution in [3.63, 3.8) is 0 Å². The summed E-state index contributed by atoms with van der Waals surface area (Å²) in [6.07, 6.45) is 0. The Hall–Kier alpha value is -3.29. The van der Waals surface area contributed by atoms with Crippen LogP contribution in [0.3, 0.4) is 0 Å². The van der Waals surface area contributed by atoms with Crippen LogP contribution in [0.4, 0.5) is 5.69 Å². The topological polar surface area (TPSA) is 76.1 Å². The molecule has 1 fully saturated rings. The molecule has 1 amide bonds. The molecule has 1 unspecified atom stereocenters. The van der Waals surface area contributed by atoms with Gasteiger partial charge < -0.3 is 14.6 Å². The van der Waals surface area contributed by atoms with E-state index < -0.39 is 17.7 Å². The number of hydrogen-bond donors (Lipinski definition) is 1. The lowest BCUT2D eigenvalue weighted by Gasteiger charge is -2.24. The molecule has 1 N–H and O–H groups in total. The lowest BCUT2D eigenvalue weighted by molar-refractivity contribution is -0.132. The molecule has 6 nitrogen and oxygen atoms in total. The number of aliphatic hydroxyl groups excluding tert-OH is 1. The van der Waals surface area contributed by atoms with Crippen LogP contribution in [-0.2, 0) is 9.59 Å². The summed E-state index contributed by atoms with van der Waals surface area (Å²) in [7, 11) is 2.90. The molecule has 0 radical (unpaired) electrons. The summed E-state index contributed by atoms with van der Waals surface area (Å²) >= 11 is 7.70. The standard InChI is InChI=1S/C26H24ClNO5S/c1-14(2)15-7-9-16(10-8-15)28-23(21-6-5-11-34-21)22(25(30)26(28)31)24(29)17-12-18(27)20(33-4)13-19(17)32-3/h5-14,23,29H,1-4H3/b24-22-. The zero-order valence-electron chi connectivity index (χ0n) is 19.2. The van der Waals surface area contributed by atoms with Crippen LogP contribution in [0.15, 0.2) is 59.5 Å². The molecule has 1 atom stereocenters. The van der Waals surface area contributed by atoms with Gasteiger partial charge in [0.2, 0.25) is 0 Å². The van der Waals surface area contributed by atoms with E-state index in [0.29, 0.717) is 17.4 Å². The summed E-state index contributed by atoms with van der Waals surface area (Å²) in [4.78, 5) is 28.7. The van der Waals surface area contributed by atoms with Crippen LogP contribution >= 0.6 is 22.9 Å². The number of benzene rings is 2. The Labute approximate surface area is 207 Å². The third-order valence-electron chi connectivity index (χ3n) is 5.82. The molecule has 2 aromatic carbocycles. The molecule has 1 saturated heterocycles. The third-order valence-corrected chi connectivity index (χ3v) is 7.04. The van der Waals surface area contributed by atoms with Crippen LogP contribution in [0.1, 0.15) is 41.8 Å². The lowest BCUT2D eigenvalue weighted by atomic mass is 9.98. The summed E-state index contributed by atoms with van der Waals surface area (Å²) < 4.78 is 10.6. The number of carbonyl (C=O) groups is 2. The highest BCUT2D eigenvalue weighted by Gasteiger charge is 2.47. The number of ether oxygens (including phenoxy) is 2. The molecule has 1 aliphatic rings. The number of anilines is 1. The maximum atomic E-state index is 13.3. The van der Waals surface area contributed by atoms with E-state index in [9.17, 15) is 14.7 Å². The average Bonchev–Trinajstić information content (AvgIpc) is 3.45. The molecular weight excluding hydrogens is 474 g/mol. The fraction of sp³-hybridized carbons (Fsp3) is 0.231. The van der Waals surface area contributed by atoms with Crippen LogP contribution in [0.2, 0.25) is 5.02 Å². The van der Waals surface area contributed by atoms with Crippen molar-refractivity contribution in [2.75, 3.05) is 19.1 Å². The molecule has 1 aliphatic heterocycles. The second kappa shape index (κ2) is 9.52. The van der Waals surface area contributed by atoms with E-state index in [0.717, 1.165) is 10.4 Å². The molecule has 8 heteroatoms. The number of hydrogen-bond acceptors (Lipinski definition) is 6. The number of rotatable bonds is 6. The van der Waals surface area contributed by atoms with Gasteiger partial charge in [0.15, 0.2) is 0 Å². The van der Waals surface area contributed by atoms with Crippen molar-refractivity contribution in [2.24, 2.45) is 0 Å². The van der Waals surface area contributed by atoms with E-state index in [2.05, 4.69) is 13.8 Å². The number of Topliss-reactive ketones (excluding diaryl/α,β-unsaturated/α-hetero) is 1. The second-order valence-corrected chi connectivity index (χ2v) is 9.50. The number of carbonyl (C=O) groups excluding carboxylic acids is 2. The zero-order chi connectivity index (χ0) is 24.6. The predicted octanol–water partition coefficient (Wildman–Crippen LogP) is 6.17. The van der Waals surface area contributed by atoms with Crippen LogP contribution < -0.4 is 14.4 Å². The first-order valence-corrected chi connectivity index (χ1v) is 11.9. The van der Waals surface area contributed by atoms with E-state index in [1.165, 1.54) is 42.6 Å². The first kappa shape index (κ1) is 23.9. The number of nitrogens with zero attached hydrogens (tertiary/aromatic N) is 1.